The highest BCUT2D eigenvalue weighted by atomic mass is 32.1. The maximum absolute atomic E-state index is 11.2. The van der Waals surface area contributed by atoms with Gasteiger partial charge in [0.15, 0.2) is 0 Å². The van der Waals surface area contributed by atoms with Gasteiger partial charge in [-0.15, -0.1) is 11.3 Å². The zero-order valence-corrected chi connectivity index (χ0v) is 9.87. The van der Waals surface area contributed by atoms with Crippen LogP contribution >= 0.6 is 11.3 Å². The van der Waals surface area contributed by atoms with Gasteiger partial charge in [-0.05, 0) is 29.6 Å². The van der Waals surface area contributed by atoms with Crippen molar-refractivity contribution in [2.24, 2.45) is 5.73 Å². The van der Waals surface area contributed by atoms with Crippen molar-refractivity contribution in [1.82, 2.24) is 0 Å². The Kier molecular flexibility index (Phi) is 3.30. The van der Waals surface area contributed by atoms with Crippen molar-refractivity contribution in [3.63, 3.8) is 0 Å². The van der Waals surface area contributed by atoms with Crippen LogP contribution in [0.5, 0.6) is 5.75 Å². The van der Waals surface area contributed by atoms with Gasteiger partial charge in [0.25, 0.3) is 5.91 Å². The van der Waals surface area contributed by atoms with Crippen molar-refractivity contribution in [2.75, 3.05) is 5.73 Å². The molecule has 0 aliphatic heterocycles. The fourth-order valence-corrected chi connectivity index (χ4v) is 2.03. The summed E-state index contributed by atoms with van der Waals surface area (Å²) in [5, 5.41) is 1.97. The van der Waals surface area contributed by atoms with Crippen molar-refractivity contribution >= 4 is 22.9 Å². The Bertz CT molecular complexity index is 523. The molecule has 0 aliphatic carbocycles. The zero-order valence-electron chi connectivity index (χ0n) is 9.05. The average molecular weight is 248 g/mol. The maximum atomic E-state index is 11.2. The summed E-state index contributed by atoms with van der Waals surface area (Å²) < 4.78 is 5.55. The first-order valence-corrected chi connectivity index (χ1v) is 5.89. The molecule has 1 aromatic carbocycles. The minimum absolute atomic E-state index is 0.307. The molecule has 17 heavy (non-hydrogen) atoms. The number of hydrogen-bond acceptors (Lipinski definition) is 4. The van der Waals surface area contributed by atoms with Gasteiger partial charge in [0.1, 0.15) is 12.4 Å². The standard InChI is InChI=1S/C12H12N2O2S/c13-8-3-4-11(10(6-8)12(14)15)16-7-9-2-1-5-17-9/h1-6H,7,13H2,(H2,14,15). The van der Waals surface area contributed by atoms with E-state index in [9.17, 15) is 4.79 Å². The second-order valence-electron chi connectivity index (χ2n) is 3.49. The van der Waals surface area contributed by atoms with Crippen LogP contribution in [0.3, 0.4) is 0 Å². The van der Waals surface area contributed by atoms with E-state index >= 15 is 0 Å². The van der Waals surface area contributed by atoms with E-state index in [2.05, 4.69) is 0 Å². The molecule has 0 radical (unpaired) electrons. The quantitative estimate of drug-likeness (QED) is 0.812. The van der Waals surface area contributed by atoms with Crippen LogP contribution in [0, 0.1) is 0 Å². The minimum Gasteiger partial charge on any atom is -0.487 e. The number of anilines is 1. The highest BCUT2D eigenvalue weighted by Gasteiger charge is 2.10. The molecule has 0 bridgehead atoms. The molecule has 1 heterocycles. The van der Waals surface area contributed by atoms with Crippen molar-refractivity contribution in [1.29, 1.82) is 0 Å². The first-order valence-electron chi connectivity index (χ1n) is 5.01. The number of amides is 1. The van der Waals surface area contributed by atoms with Gasteiger partial charge in [-0.3, -0.25) is 4.79 Å². The highest BCUT2D eigenvalue weighted by molar-refractivity contribution is 7.09. The van der Waals surface area contributed by atoms with Gasteiger partial charge in [0, 0.05) is 10.6 Å². The molecule has 2 aromatic rings. The fraction of sp³-hybridized carbons (Fsp3) is 0.0833. The summed E-state index contributed by atoms with van der Waals surface area (Å²) in [6.45, 7) is 0.419. The zero-order chi connectivity index (χ0) is 12.3. The van der Waals surface area contributed by atoms with E-state index < -0.39 is 5.91 Å². The molecule has 0 atom stereocenters. The number of rotatable bonds is 4. The van der Waals surface area contributed by atoms with E-state index in [4.69, 9.17) is 16.2 Å². The molecule has 0 unspecified atom stereocenters. The van der Waals surface area contributed by atoms with Crippen molar-refractivity contribution in [3.05, 3.63) is 46.2 Å². The first kappa shape index (κ1) is 11.5. The van der Waals surface area contributed by atoms with E-state index in [0.29, 0.717) is 23.6 Å². The Morgan fingerprint density at radius 3 is 2.82 bits per heavy atom. The molecule has 0 saturated heterocycles. The predicted octanol–water partition coefficient (Wildman–Crippen LogP) is 2.01. The van der Waals surface area contributed by atoms with E-state index in [1.165, 1.54) is 6.07 Å². The Morgan fingerprint density at radius 1 is 1.35 bits per heavy atom. The highest BCUT2D eigenvalue weighted by Crippen LogP contribution is 2.22. The van der Waals surface area contributed by atoms with Crippen molar-refractivity contribution in [2.45, 2.75) is 6.61 Å². The summed E-state index contributed by atoms with van der Waals surface area (Å²) in [5.41, 5.74) is 11.7. The Morgan fingerprint density at radius 2 is 2.18 bits per heavy atom. The summed E-state index contributed by atoms with van der Waals surface area (Å²) in [6.07, 6.45) is 0. The van der Waals surface area contributed by atoms with Crippen LogP contribution in [0.25, 0.3) is 0 Å². The third-order valence-electron chi connectivity index (χ3n) is 2.22. The van der Waals surface area contributed by atoms with Gasteiger partial charge in [-0.25, -0.2) is 0 Å². The van der Waals surface area contributed by atoms with Gasteiger partial charge >= 0.3 is 0 Å². The smallest absolute Gasteiger partial charge is 0.252 e. The van der Waals surface area contributed by atoms with Gasteiger partial charge in [0.05, 0.1) is 5.56 Å². The third-order valence-corrected chi connectivity index (χ3v) is 3.07. The van der Waals surface area contributed by atoms with Gasteiger partial charge in [-0.1, -0.05) is 6.07 Å². The second kappa shape index (κ2) is 4.88. The fourth-order valence-electron chi connectivity index (χ4n) is 1.41. The van der Waals surface area contributed by atoms with Crippen LogP contribution in [-0.2, 0) is 6.61 Å². The lowest BCUT2D eigenvalue weighted by atomic mass is 10.1. The van der Waals surface area contributed by atoms with Crippen molar-refractivity contribution in [3.8, 4) is 5.75 Å². The Balaban J connectivity index is 2.17. The number of primary amides is 1. The van der Waals surface area contributed by atoms with Crippen LogP contribution < -0.4 is 16.2 Å². The number of carbonyl (C=O) groups excluding carboxylic acids is 1. The SMILES string of the molecule is NC(=O)c1cc(N)ccc1OCc1cccs1. The Hall–Kier alpha value is -2.01. The van der Waals surface area contributed by atoms with E-state index in [1.54, 1.807) is 23.5 Å². The van der Waals surface area contributed by atoms with Crippen molar-refractivity contribution < 1.29 is 9.53 Å². The lowest BCUT2D eigenvalue weighted by Crippen LogP contribution is -2.13. The van der Waals surface area contributed by atoms with Crippen LogP contribution in [0.15, 0.2) is 35.7 Å². The van der Waals surface area contributed by atoms with Gasteiger partial charge in [0.2, 0.25) is 0 Å². The lowest BCUT2D eigenvalue weighted by molar-refractivity contribution is 0.0996. The number of ether oxygens (including phenoxy) is 1. The number of nitrogens with two attached hydrogens (primary N) is 2. The number of hydrogen-bond donors (Lipinski definition) is 2. The molecular weight excluding hydrogens is 236 g/mol. The molecular formula is C12H12N2O2S. The monoisotopic (exact) mass is 248 g/mol. The topological polar surface area (TPSA) is 78.3 Å². The average Bonchev–Trinajstić information content (AvgIpc) is 2.80. The largest absolute Gasteiger partial charge is 0.487 e. The molecule has 1 amide bonds. The normalized spacial score (nSPS) is 10.1. The van der Waals surface area contributed by atoms with Gasteiger partial charge in [-0.2, -0.15) is 0 Å². The molecule has 0 fully saturated rings. The summed E-state index contributed by atoms with van der Waals surface area (Å²) >= 11 is 1.59. The summed E-state index contributed by atoms with van der Waals surface area (Å²) in [5.74, 6) is -0.0846. The third kappa shape index (κ3) is 2.76. The molecule has 88 valence electrons. The second-order valence-corrected chi connectivity index (χ2v) is 4.52. The summed E-state index contributed by atoms with van der Waals surface area (Å²) in [6, 6.07) is 8.76. The van der Waals surface area contributed by atoms with Crippen LogP contribution in [0.2, 0.25) is 0 Å². The maximum Gasteiger partial charge on any atom is 0.252 e. The Labute approximate surface area is 103 Å². The molecule has 0 spiro atoms. The van der Waals surface area contributed by atoms with Crippen LogP contribution in [-0.4, -0.2) is 5.91 Å². The molecule has 2 rings (SSSR count). The number of nitrogen functional groups attached to an aromatic ring is 1. The molecule has 4 nitrogen and oxygen atoms in total. The van der Waals surface area contributed by atoms with E-state index in [1.807, 2.05) is 17.5 Å². The van der Waals surface area contributed by atoms with Gasteiger partial charge < -0.3 is 16.2 Å². The lowest BCUT2D eigenvalue weighted by Gasteiger charge is -2.09. The molecule has 0 aliphatic rings. The number of carbonyl (C=O) groups is 1. The van der Waals surface area contributed by atoms with Crippen LogP contribution in [0.1, 0.15) is 15.2 Å². The van der Waals surface area contributed by atoms with Crippen LogP contribution in [0.4, 0.5) is 5.69 Å². The van der Waals surface area contributed by atoms with E-state index in [0.717, 1.165) is 4.88 Å². The summed E-state index contributed by atoms with van der Waals surface area (Å²) in [4.78, 5) is 12.3. The summed E-state index contributed by atoms with van der Waals surface area (Å²) in [7, 11) is 0. The molecule has 4 N–H and O–H groups in total. The minimum atomic E-state index is -0.543. The number of benzene rings is 1. The molecule has 1 aromatic heterocycles. The molecule has 0 saturated carbocycles. The van der Waals surface area contributed by atoms with E-state index in [-0.39, 0.29) is 0 Å². The number of thiophene rings is 1. The predicted molar refractivity (Wildman–Crippen MR) is 68.0 cm³/mol. The molecule has 5 heteroatoms. The first-order chi connectivity index (χ1) is 8.16.